The van der Waals surface area contributed by atoms with E-state index in [1.807, 2.05) is 0 Å². The van der Waals surface area contributed by atoms with Crippen molar-refractivity contribution in [3.63, 3.8) is 0 Å². The summed E-state index contributed by atoms with van der Waals surface area (Å²) >= 11 is 9.05. The van der Waals surface area contributed by atoms with Crippen molar-refractivity contribution in [2.75, 3.05) is 7.11 Å². The second-order valence-electron chi connectivity index (χ2n) is 2.99. The zero-order valence-corrected chi connectivity index (χ0v) is 10.5. The molecule has 0 saturated heterocycles. The first-order valence-electron chi connectivity index (χ1n) is 4.33. The van der Waals surface area contributed by atoms with Gasteiger partial charge in [0, 0.05) is 9.86 Å². The van der Waals surface area contributed by atoms with Crippen LogP contribution in [-0.4, -0.2) is 23.0 Å². The van der Waals surface area contributed by atoms with Crippen molar-refractivity contribution < 1.29 is 9.53 Å². The lowest BCUT2D eigenvalue weighted by Crippen LogP contribution is -2.06. The molecule has 2 aromatic rings. The normalized spacial score (nSPS) is 10.4. The summed E-state index contributed by atoms with van der Waals surface area (Å²) in [6.07, 6.45) is 0. The Hall–Kier alpha value is -1.20. The van der Waals surface area contributed by atoms with Gasteiger partial charge in [-0.3, -0.25) is 0 Å². The molecule has 0 unspecified atom stereocenters. The van der Waals surface area contributed by atoms with Gasteiger partial charge in [0.1, 0.15) is 0 Å². The fourth-order valence-electron chi connectivity index (χ4n) is 1.33. The summed E-state index contributed by atoms with van der Waals surface area (Å²) in [4.78, 5) is 19.4. The van der Waals surface area contributed by atoms with Crippen molar-refractivity contribution in [2.24, 2.45) is 0 Å². The van der Waals surface area contributed by atoms with Crippen LogP contribution in [0.1, 0.15) is 10.5 Å². The van der Waals surface area contributed by atoms with Gasteiger partial charge in [-0.25, -0.2) is 14.8 Å². The minimum absolute atomic E-state index is 0.0194. The second kappa shape index (κ2) is 4.35. The molecule has 0 atom stereocenters. The van der Waals surface area contributed by atoms with Crippen LogP contribution in [0.3, 0.4) is 0 Å². The molecule has 4 nitrogen and oxygen atoms in total. The first kappa shape index (κ1) is 11.3. The van der Waals surface area contributed by atoms with Crippen LogP contribution in [0.25, 0.3) is 10.9 Å². The number of nitrogens with zero attached hydrogens (tertiary/aromatic N) is 2. The number of fused-ring (bicyclic) bond motifs is 1. The number of aromatic nitrogens is 2. The van der Waals surface area contributed by atoms with E-state index < -0.39 is 5.97 Å². The largest absolute Gasteiger partial charge is 0.464 e. The highest BCUT2D eigenvalue weighted by atomic mass is 79.9. The summed E-state index contributed by atoms with van der Waals surface area (Å²) < 4.78 is 5.48. The molecular formula is C10H6BrClN2O2. The number of hydrogen-bond acceptors (Lipinski definition) is 4. The summed E-state index contributed by atoms with van der Waals surface area (Å²) in [6, 6.07) is 5.30. The maximum atomic E-state index is 11.5. The summed E-state index contributed by atoms with van der Waals surface area (Å²) in [5.41, 5.74) is 0.764. The van der Waals surface area contributed by atoms with Crippen LogP contribution in [0.5, 0.6) is 0 Å². The summed E-state index contributed by atoms with van der Waals surface area (Å²) in [7, 11) is 1.29. The molecule has 0 saturated carbocycles. The zero-order valence-electron chi connectivity index (χ0n) is 8.20. The molecule has 2 rings (SSSR count). The van der Waals surface area contributed by atoms with E-state index in [1.165, 1.54) is 7.11 Å². The molecule has 0 amide bonds. The number of esters is 1. The van der Waals surface area contributed by atoms with E-state index in [2.05, 4.69) is 30.6 Å². The highest BCUT2D eigenvalue weighted by Gasteiger charge is 2.14. The lowest BCUT2D eigenvalue weighted by atomic mass is 10.2. The first-order valence-corrected chi connectivity index (χ1v) is 5.50. The van der Waals surface area contributed by atoms with Crippen molar-refractivity contribution in [1.82, 2.24) is 9.97 Å². The number of methoxy groups -OCH3 is 1. The molecule has 0 aliphatic carbocycles. The van der Waals surface area contributed by atoms with E-state index in [4.69, 9.17) is 11.6 Å². The molecule has 1 aromatic carbocycles. The third-order valence-electron chi connectivity index (χ3n) is 2.01. The van der Waals surface area contributed by atoms with E-state index in [1.54, 1.807) is 18.2 Å². The topological polar surface area (TPSA) is 52.1 Å². The smallest absolute Gasteiger partial charge is 0.357 e. The van der Waals surface area contributed by atoms with Gasteiger partial charge in [-0.15, -0.1) is 0 Å². The van der Waals surface area contributed by atoms with Gasteiger partial charge in [-0.2, -0.15) is 0 Å². The number of halogens is 2. The van der Waals surface area contributed by atoms with Gasteiger partial charge < -0.3 is 4.74 Å². The minimum atomic E-state index is -0.531. The van der Waals surface area contributed by atoms with Crippen LogP contribution in [0, 0.1) is 0 Å². The van der Waals surface area contributed by atoms with Gasteiger partial charge in [-0.05, 0) is 29.8 Å². The number of ether oxygens (including phenoxy) is 1. The third-order valence-corrected chi connectivity index (χ3v) is 2.67. The monoisotopic (exact) mass is 300 g/mol. The lowest BCUT2D eigenvalue weighted by molar-refractivity contribution is 0.0596. The molecule has 0 aliphatic heterocycles. The molecule has 0 aliphatic rings. The Balaban J connectivity index is 2.77. The summed E-state index contributed by atoms with van der Waals surface area (Å²) in [5.74, 6) is -0.531. The highest BCUT2D eigenvalue weighted by molar-refractivity contribution is 9.10. The van der Waals surface area contributed by atoms with Gasteiger partial charge in [-0.1, -0.05) is 15.9 Å². The summed E-state index contributed by atoms with van der Waals surface area (Å²) in [6.45, 7) is 0. The average molecular weight is 302 g/mol. The van der Waals surface area contributed by atoms with Gasteiger partial charge in [0.15, 0.2) is 5.69 Å². The van der Waals surface area contributed by atoms with E-state index in [-0.39, 0.29) is 11.0 Å². The van der Waals surface area contributed by atoms with Crippen molar-refractivity contribution in [1.29, 1.82) is 0 Å². The quantitative estimate of drug-likeness (QED) is 0.600. The second-order valence-corrected chi connectivity index (χ2v) is 4.25. The molecule has 0 spiro atoms. The Kier molecular flexibility index (Phi) is 3.07. The van der Waals surface area contributed by atoms with Crippen LogP contribution >= 0.6 is 27.5 Å². The fraction of sp³-hybridized carbons (Fsp3) is 0.100. The van der Waals surface area contributed by atoms with E-state index in [9.17, 15) is 4.79 Å². The Morgan fingerprint density at radius 1 is 1.44 bits per heavy atom. The van der Waals surface area contributed by atoms with Crippen LogP contribution in [0.4, 0.5) is 0 Å². The maximum Gasteiger partial charge on any atom is 0.357 e. The minimum Gasteiger partial charge on any atom is -0.464 e. The molecule has 6 heteroatoms. The number of rotatable bonds is 1. The first-order chi connectivity index (χ1) is 7.61. The summed E-state index contributed by atoms with van der Waals surface area (Å²) in [5, 5.41) is 0.630. The van der Waals surface area contributed by atoms with Gasteiger partial charge in [0.25, 0.3) is 0 Å². The number of benzene rings is 1. The maximum absolute atomic E-state index is 11.5. The van der Waals surface area contributed by atoms with Crippen molar-refractivity contribution >= 4 is 44.4 Å². The molecule has 1 aromatic heterocycles. The van der Waals surface area contributed by atoms with Crippen LogP contribution in [0.15, 0.2) is 22.7 Å². The molecule has 0 bridgehead atoms. The van der Waals surface area contributed by atoms with Crippen LogP contribution in [-0.2, 0) is 4.74 Å². The van der Waals surface area contributed by atoms with E-state index in [0.29, 0.717) is 10.9 Å². The molecule has 0 fully saturated rings. The van der Waals surface area contributed by atoms with Crippen molar-refractivity contribution in [3.05, 3.63) is 33.6 Å². The van der Waals surface area contributed by atoms with Gasteiger partial charge >= 0.3 is 5.97 Å². The Morgan fingerprint density at radius 2 is 2.19 bits per heavy atom. The average Bonchev–Trinajstić information content (AvgIpc) is 2.26. The zero-order chi connectivity index (χ0) is 11.7. The van der Waals surface area contributed by atoms with Crippen molar-refractivity contribution in [2.45, 2.75) is 0 Å². The van der Waals surface area contributed by atoms with Crippen LogP contribution < -0.4 is 0 Å². The predicted octanol–water partition coefficient (Wildman–Crippen LogP) is 2.83. The predicted molar refractivity (Wildman–Crippen MR) is 63.6 cm³/mol. The van der Waals surface area contributed by atoms with E-state index >= 15 is 0 Å². The molecule has 0 N–H and O–H groups in total. The SMILES string of the molecule is COC(=O)c1nc(Cl)nc2cc(Br)ccc12. The van der Waals surface area contributed by atoms with Gasteiger partial charge in [0.05, 0.1) is 12.6 Å². The number of carbonyl (C=O) groups excluding carboxylic acids is 1. The Bertz CT molecular complexity index is 569. The van der Waals surface area contributed by atoms with E-state index in [0.717, 1.165) is 4.47 Å². The standard InChI is InChI=1S/C10H6BrClN2O2/c1-16-9(15)8-6-3-2-5(11)4-7(6)13-10(12)14-8/h2-4H,1H3. The molecule has 16 heavy (non-hydrogen) atoms. The lowest BCUT2D eigenvalue weighted by Gasteiger charge is -2.04. The highest BCUT2D eigenvalue weighted by Crippen LogP contribution is 2.22. The Labute approximate surface area is 105 Å². The molecule has 82 valence electrons. The van der Waals surface area contributed by atoms with Gasteiger partial charge in [0.2, 0.25) is 5.28 Å². The Morgan fingerprint density at radius 3 is 2.88 bits per heavy atom. The van der Waals surface area contributed by atoms with Crippen LogP contribution in [0.2, 0.25) is 5.28 Å². The number of hydrogen-bond donors (Lipinski definition) is 0. The molecule has 1 heterocycles. The fourth-order valence-corrected chi connectivity index (χ4v) is 1.85. The molecular weight excluding hydrogens is 295 g/mol. The molecule has 0 radical (unpaired) electrons. The van der Waals surface area contributed by atoms with Crippen molar-refractivity contribution in [3.8, 4) is 0 Å². The third kappa shape index (κ3) is 2.01. The number of carbonyl (C=O) groups is 1.